The molecule has 0 unspecified atom stereocenters. The summed E-state index contributed by atoms with van der Waals surface area (Å²) in [5.74, 6) is 0. The van der Waals surface area contributed by atoms with Crippen LogP contribution >= 0.6 is 0 Å². The molecule has 228 valence electrons. The van der Waals surface area contributed by atoms with E-state index in [1.54, 1.807) is 0 Å². The summed E-state index contributed by atoms with van der Waals surface area (Å²) >= 11 is 0. The molecule has 0 atom stereocenters. The van der Waals surface area contributed by atoms with Crippen LogP contribution in [0.4, 0.5) is 26.3 Å². The second kappa shape index (κ2) is 25.1. The summed E-state index contributed by atoms with van der Waals surface area (Å²) < 4.78 is 118. The van der Waals surface area contributed by atoms with Gasteiger partial charge in [-0.2, -0.15) is 105 Å². The van der Waals surface area contributed by atoms with Crippen LogP contribution in [0.5, 0.6) is 0 Å². The van der Waals surface area contributed by atoms with Crippen LogP contribution in [-0.2, 0) is 31.2 Å². The van der Waals surface area contributed by atoms with E-state index in [1.165, 1.54) is 0 Å². The van der Waals surface area contributed by atoms with E-state index in [-0.39, 0.29) is 42.1 Å². The first kappa shape index (κ1) is 47.0. The van der Waals surface area contributed by atoms with Gasteiger partial charge in [0.25, 0.3) is 0 Å². The van der Waals surface area contributed by atoms with Crippen LogP contribution < -0.4 is 0 Å². The van der Waals surface area contributed by atoms with Gasteiger partial charge in [0.1, 0.15) is 0 Å². The van der Waals surface area contributed by atoms with Gasteiger partial charge in [-0.1, -0.05) is 0 Å². The molecular formula is C14H24F6N6O8S2U-12. The monoisotopic (exact) mass is 820 g/mol. The van der Waals surface area contributed by atoms with E-state index in [4.69, 9.17) is 25.9 Å². The normalized spacial score (nSPS) is 17.7. The van der Waals surface area contributed by atoms with Crippen molar-refractivity contribution in [2.24, 2.45) is 0 Å². The van der Waals surface area contributed by atoms with Gasteiger partial charge in [0.15, 0.2) is 20.2 Å². The first-order valence-corrected chi connectivity index (χ1v) is 12.2. The van der Waals surface area contributed by atoms with E-state index in [9.17, 15) is 26.3 Å². The molecule has 1 aliphatic heterocycles. The number of hydrogen-bond donors (Lipinski definition) is 0. The molecule has 0 spiro atoms. The summed E-state index contributed by atoms with van der Waals surface area (Å²) in [6.07, 6.45) is 0. The van der Waals surface area contributed by atoms with Gasteiger partial charge >= 0.3 is 11.0 Å². The Morgan fingerprint density at radius 1 is 0.432 bits per heavy atom. The minimum atomic E-state index is -6.09. The Morgan fingerprint density at radius 2 is 0.514 bits per heavy atom. The third-order valence-corrected chi connectivity index (χ3v) is 4.20. The van der Waals surface area contributed by atoms with Gasteiger partial charge in [-0.3, -0.25) is 0 Å². The second-order valence-electron chi connectivity index (χ2n) is 5.82. The van der Waals surface area contributed by atoms with Gasteiger partial charge in [-0.15, -0.1) is 0 Å². The Hall–Kier alpha value is 0.132. The maximum Gasteiger partial charge on any atom is 0.485 e. The van der Waals surface area contributed by atoms with E-state index in [2.05, 4.69) is 31.9 Å². The van der Waals surface area contributed by atoms with Crippen LogP contribution in [0.15, 0.2) is 0 Å². The van der Waals surface area contributed by atoms with Crippen LogP contribution in [0.2, 0.25) is 0 Å². The van der Waals surface area contributed by atoms with Crippen molar-refractivity contribution in [1.82, 2.24) is 0 Å². The van der Waals surface area contributed by atoms with Crippen molar-refractivity contribution >= 4 is 20.2 Å². The van der Waals surface area contributed by atoms with Gasteiger partial charge in [-0.25, -0.2) is 16.8 Å². The Kier molecular flexibility index (Phi) is 31.9. The standard InChI is InChI=1S/C12H24N6.2CHF3O3S.2O.U/c1-2-14-5-6-16-9-10-18-12-11-17-8-7-15-4-3-13-1;2*2-1(3,4)8(5,6)7;;;/h1-12H2;2*(H,5,6,7);;;/q-6;;;2*-2;/p-2. The SMILES string of the molecule is C1C[N-]CC[N-]CC[N-]CC[N-]CC[N-]CC[N-]1.O=S(=O)([O-])C(F)(F)F.O=S(=O)([O-])C(F)(F)F.[O-2].[O-2].[U]. The summed E-state index contributed by atoms with van der Waals surface area (Å²) in [5.41, 5.74) is -11.3. The van der Waals surface area contributed by atoms with E-state index in [1.807, 2.05) is 0 Å². The molecule has 0 bridgehead atoms. The van der Waals surface area contributed by atoms with Crippen LogP contribution in [0.1, 0.15) is 0 Å². The van der Waals surface area contributed by atoms with Crippen molar-refractivity contribution in [2.75, 3.05) is 78.5 Å². The minimum Gasteiger partial charge on any atom is -2.00 e. The van der Waals surface area contributed by atoms with Crippen molar-refractivity contribution in [3.05, 3.63) is 31.9 Å². The number of rotatable bonds is 0. The molecule has 0 radical (unpaired) electrons. The largest absolute Gasteiger partial charge is 2.00 e. The fraction of sp³-hybridized carbons (Fsp3) is 1.00. The molecule has 1 rings (SSSR count). The first-order valence-electron chi connectivity index (χ1n) is 9.34. The van der Waals surface area contributed by atoms with Gasteiger partial charge in [0.05, 0.1) is 0 Å². The third-order valence-electron chi connectivity index (χ3n) is 3.06. The average Bonchev–Trinajstić information content (AvgIpc) is 2.66. The Labute approximate surface area is 235 Å². The van der Waals surface area contributed by atoms with Crippen molar-refractivity contribution in [2.45, 2.75) is 11.0 Å². The topological polar surface area (TPSA) is 256 Å². The Morgan fingerprint density at radius 3 is 0.568 bits per heavy atom. The molecule has 0 aromatic carbocycles. The van der Waals surface area contributed by atoms with Crippen molar-refractivity contribution in [3.8, 4) is 0 Å². The Balaban J connectivity index is -0.000000153. The maximum atomic E-state index is 10.7. The molecule has 1 heterocycles. The van der Waals surface area contributed by atoms with E-state index < -0.39 is 31.3 Å². The zero-order valence-electron chi connectivity index (χ0n) is 19.0. The summed E-state index contributed by atoms with van der Waals surface area (Å²) in [7, 11) is -12.2. The molecule has 0 amide bonds. The van der Waals surface area contributed by atoms with Crippen LogP contribution in [0.25, 0.3) is 31.9 Å². The molecule has 0 aliphatic carbocycles. The molecule has 14 nitrogen and oxygen atoms in total. The zero-order valence-corrected chi connectivity index (χ0v) is 24.8. The van der Waals surface area contributed by atoms with Crippen LogP contribution in [0, 0.1) is 31.1 Å². The average molecular weight is 821 g/mol. The summed E-state index contributed by atoms with van der Waals surface area (Å²) in [6, 6.07) is 0. The molecular weight excluding hydrogens is 796 g/mol. The number of hydrogen-bond acceptors (Lipinski definition) is 6. The number of nitrogens with zero attached hydrogens (tertiary/aromatic N) is 6. The summed E-state index contributed by atoms with van der Waals surface area (Å²) in [5, 5.41) is 26.2. The number of halogens is 6. The molecule has 0 N–H and O–H groups in total. The van der Waals surface area contributed by atoms with E-state index in [0.29, 0.717) is 0 Å². The smallest absolute Gasteiger partial charge is 0.485 e. The fourth-order valence-electron chi connectivity index (χ4n) is 1.52. The minimum absolute atomic E-state index is 0. The summed E-state index contributed by atoms with van der Waals surface area (Å²) in [6.45, 7) is 9.78. The van der Waals surface area contributed by atoms with Crippen LogP contribution in [-0.4, -0.2) is 115 Å². The third kappa shape index (κ3) is 32.2. The first-order chi connectivity index (χ1) is 15.5. The van der Waals surface area contributed by atoms with Gasteiger partial charge in [-0.05, 0) is 0 Å². The quantitative estimate of drug-likeness (QED) is 0.201. The van der Waals surface area contributed by atoms with Crippen molar-refractivity contribution in [3.63, 3.8) is 0 Å². The van der Waals surface area contributed by atoms with Crippen molar-refractivity contribution < 1.29 is 94.3 Å². The second-order valence-corrected chi connectivity index (χ2v) is 8.57. The van der Waals surface area contributed by atoms with Gasteiger partial charge in [0.2, 0.25) is 0 Å². The molecule has 1 aliphatic rings. The number of alkyl halides is 6. The molecule has 0 aromatic heterocycles. The Bertz CT molecular complexity index is 603. The maximum absolute atomic E-state index is 10.7. The molecule has 37 heavy (non-hydrogen) atoms. The van der Waals surface area contributed by atoms with Gasteiger partial charge < -0.3 is 52.0 Å². The summed E-state index contributed by atoms with van der Waals surface area (Å²) in [4.78, 5) is 0. The predicted molar refractivity (Wildman–Crippen MR) is 111 cm³/mol. The molecule has 1 fully saturated rings. The zero-order chi connectivity index (χ0) is 26.7. The molecule has 23 heteroatoms. The van der Waals surface area contributed by atoms with E-state index in [0.717, 1.165) is 78.5 Å². The van der Waals surface area contributed by atoms with Crippen LogP contribution in [0.3, 0.4) is 0 Å². The van der Waals surface area contributed by atoms with Crippen molar-refractivity contribution in [1.29, 1.82) is 0 Å². The van der Waals surface area contributed by atoms with Gasteiger partial charge in [0, 0.05) is 31.1 Å². The van der Waals surface area contributed by atoms with E-state index >= 15 is 0 Å². The fourth-order valence-corrected chi connectivity index (χ4v) is 1.52. The predicted octanol–water partition coefficient (Wildman–Crippen LogP) is 2.11. The molecule has 1 saturated heterocycles. The molecule has 0 saturated carbocycles. The molecule has 0 aromatic rings.